The van der Waals surface area contributed by atoms with Gasteiger partial charge in [-0.2, -0.15) is 0 Å². The molecular weight excluding hydrogens is 285 g/mol. The minimum Gasteiger partial charge on any atom is -0.486 e. The molecule has 2 atom stereocenters. The van der Waals surface area contributed by atoms with Crippen molar-refractivity contribution in [2.45, 2.75) is 32.3 Å². The van der Waals surface area contributed by atoms with Gasteiger partial charge in [0.25, 0.3) is 0 Å². The van der Waals surface area contributed by atoms with E-state index < -0.39 is 11.9 Å². The highest BCUT2D eigenvalue weighted by Crippen LogP contribution is 2.36. The first-order valence-corrected chi connectivity index (χ1v) is 6.88. The Kier molecular flexibility index (Phi) is 4.70. The molecule has 0 aromatic heterocycles. The number of benzene rings is 1. The Morgan fingerprint density at radius 1 is 1.45 bits per heavy atom. The molecule has 1 aromatic rings. The van der Waals surface area contributed by atoms with E-state index in [0.29, 0.717) is 5.92 Å². The molecule has 1 aromatic carbocycles. The number of methoxy groups -OCH3 is 1. The van der Waals surface area contributed by atoms with Gasteiger partial charge < -0.3 is 9.47 Å². The van der Waals surface area contributed by atoms with Crippen molar-refractivity contribution in [2.24, 2.45) is 5.92 Å². The van der Waals surface area contributed by atoms with Crippen molar-refractivity contribution < 1.29 is 18.7 Å². The summed E-state index contributed by atoms with van der Waals surface area (Å²) < 4.78 is 24.4. The smallest absolute Gasteiger partial charge is 0.411 e. The molecule has 0 aliphatic heterocycles. The number of carbonyl (C=O) groups is 1. The van der Waals surface area contributed by atoms with E-state index in [0.717, 1.165) is 19.3 Å². The second-order valence-electron chi connectivity index (χ2n) is 5.01. The number of hydrogen-bond donors (Lipinski definition) is 1. The molecule has 2 rings (SSSR count). The summed E-state index contributed by atoms with van der Waals surface area (Å²) in [4.78, 5) is 11.1. The molecule has 20 heavy (non-hydrogen) atoms. The van der Waals surface area contributed by atoms with Crippen LogP contribution in [0.15, 0.2) is 12.1 Å². The summed E-state index contributed by atoms with van der Waals surface area (Å²) in [5.74, 6) is -0.125. The summed E-state index contributed by atoms with van der Waals surface area (Å²) in [7, 11) is 1.21. The second-order valence-corrected chi connectivity index (χ2v) is 5.42. The lowest BCUT2D eigenvalue weighted by Gasteiger charge is -2.17. The third kappa shape index (κ3) is 3.33. The molecule has 110 valence electrons. The van der Waals surface area contributed by atoms with Crippen LogP contribution in [0.5, 0.6) is 5.75 Å². The molecule has 0 bridgehead atoms. The average Bonchev–Trinajstić information content (AvgIpc) is 2.83. The summed E-state index contributed by atoms with van der Waals surface area (Å²) >= 11 is 5.98. The van der Waals surface area contributed by atoms with E-state index in [1.165, 1.54) is 19.2 Å². The van der Waals surface area contributed by atoms with Gasteiger partial charge in [-0.15, -0.1) is 0 Å². The SMILES string of the molecule is COC(=O)Nc1ccc(Cl)c(O[C@H]2CCC(C)C2)c1F. The van der Waals surface area contributed by atoms with Gasteiger partial charge in [0.2, 0.25) is 0 Å². The fraction of sp³-hybridized carbons (Fsp3) is 0.500. The zero-order chi connectivity index (χ0) is 14.7. The zero-order valence-corrected chi connectivity index (χ0v) is 12.2. The van der Waals surface area contributed by atoms with Gasteiger partial charge in [-0.25, -0.2) is 9.18 Å². The van der Waals surface area contributed by atoms with Crippen LogP contribution in [-0.4, -0.2) is 19.3 Å². The number of nitrogens with one attached hydrogen (secondary N) is 1. The summed E-state index contributed by atoms with van der Waals surface area (Å²) in [5, 5.41) is 2.48. The van der Waals surface area contributed by atoms with Crippen molar-refractivity contribution in [1.29, 1.82) is 0 Å². The molecule has 0 radical (unpaired) electrons. The lowest BCUT2D eigenvalue weighted by Crippen LogP contribution is -2.15. The van der Waals surface area contributed by atoms with E-state index >= 15 is 0 Å². The molecule has 1 aliphatic rings. The molecule has 1 saturated carbocycles. The van der Waals surface area contributed by atoms with E-state index in [4.69, 9.17) is 16.3 Å². The van der Waals surface area contributed by atoms with Gasteiger partial charge in [0.1, 0.15) is 0 Å². The topological polar surface area (TPSA) is 47.6 Å². The van der Waals surface area contributed by atoms with E-state index in [-0.39, 0.29) is 22.6 Å². The summed E-state index contributed by atoms with van der Waals surface area (Å²) in [5.41, 5.74) is -0.0118. The number of carbonyl (C=O) groups excluding carboxylic acids is 1. The fourth-order valence-electron chi connectivity index (χ4n) is 2.33. The molecule has 1 unspecified atom stereocenters. The van der Waals surface area contributed by atoms with Crippen molar-refractivity contribution in [3.05, 3.63) is 23.0 Å². The highest BCUT2D eigenvalue weighted by atomic mass is 35.5. The fourth-order valence-corrected chi connectivity index (χ4v) is 2.52. The predicted molar refractivity (Wildman–Crippen MR) is 74.9 cm³/mol. The molecule has 4 nitrogen and oxygen atoms in total. The first-order valence-electron chi connectivity index (χ1n) is 6.51. The first kappa shape index (κ1) is 14.9. The van der Waals surface area contributed by atoms with Crippen molar-refractivity contribution in [3.63, 3.8) is 0 Å². The summed E-state index contributed by atoms with van der Waals surface area (Å²) in [6.07, 6.45) is 2.04. The van der Waals surface area contributed by atoms with Crippen LogP contribution in [0, 0.1) is 11.7 Å². The van der Waals surface area contributed by atoms with Gasteiger partial charge >= 0.3 is 6.09 Å². The largest absolute Gasteiger partial charge is 0.486 e. The zero-order valence-electron chi connectivity index (χ0n) is 11.4. The van der Waals surface area contributed by atoms with Crippen LogP contribution < -0.4 is 10.1 Å². The van der Waals surface area contributed by atoms with Gasteiger partial charge in [-0.1, -0.05) is 18.5 Å². The van der Waals surface area contributed by atoms with E-state index in [2.05, 4.69) is 17.0 Å². The number of amides is 1. The van der Waals surface area contributed by atoms with Crippen LogP contribution in [0.25, 0.3) is 0 Å². The van der Waals surface area contributed by atoms with E-state index in [9.17, 15) is 9.18 Å². The van der Waals surface area contributed by atoms with Crippen LogP contribution in [0.1, 0.15) is 26.2 Å². The van der Waals surface area contributed by atoms with Crippen molar-refractivity contribution >= 4 is 23.4 Å². The van der Waals surface area contributed by atoms with Gasteiger partial charge in [-0.3, -0.25) is 5.32 Å². The minimum atomic E-state index is -0.744. The Balaban J connectivity index is 2.18. The standard InChI is InChI=1S/C14H17ClFNO3/c1-8-3-4-9(7-8)20-13-10(15)5-6-11(12(13)16)17-14(18)19-2/h5-6,8-9H,3-4,7H2,1-2H3,(H,17,18)/t8?,9-/m0/s1. The van der Waals surface area contributed by atoms with E-state index in [1.807, 2.05) is 0 Å². The minimum absolute atomic E-state index is 0.0118. The van der Waals surface area contributed by atoms with Gasteiger partial charge in [0.05, 0.1) is 23.9 Å². The molecule has 0 spiro atoms. The van der Waals surface area contributed by atoms with Gasteiger partial charge in [0.15, 0.2) is 11.6 Å². The molecule has 1 N–H and O–H groups in total. The molecule has 1 amide bonds. The normalized spacial score (nSPS) is 21.6. The third-order valence-corrected chi connectivity index (χ3v) is 3.70. The number of ether oxygens (including phenoxy) is 2. The Bertz CT molecular complexity index is 509. The molecule has 0 saturated heterocycles. The number of hydrogen-bond acceptors (Lipinski definition) is 3. The lowest BCUT2D eigenvalue weighted by molar-refractivity contribution is 0.186. The Morgan fingerprint density at radius 2 is 2.20 bits per heavy atom. The van der Waals surface area contributed by atoms with Gasteiger partial charge in [-0.05, 0) is 37.3 Å². The van der Waals surface area contributed by atoms with Gasteiger partial charge in [0, 0.05) is 0 Å². The highest BCUT2D eigenvalue weighted by Gasteiger charge is 2.25. The third-order valence-electron chi connectivity index (χ3n) is 3.40. The quantitative estimate of drug-likeness (QED) is 0.909. The predicted octanol–water partition coefficient (Wildman–Crippen LogP) is 4.22. The molecule has 1 aliphatic carbocycles. The Morgan fingerprint density at radius 3 is 2.80 bits per heavy atom. The van der Waals surface area contributed by atoms with Crippen LogP contribution >= 0.6 is 11.6 Å². The summed E-state index contributed by atoms with van der Waals surface area (Å²) in [6, 6.07) is 2.86. The van der Waals surface area contributed by atoms with Crippen LogP contribution in [0.3, 0.4) is 0 Å². The molecule has 0 heterocycles. The van der Waals surface area contributed by atoms with Crippen molar-refractivity contribution in [1.82, 2.24) is 0 Å². The molecular formula is C14H17ClFNO3. The van der Waals surface area contributed by atoms with Crippen LogP contribution in [0.2, 0.25) is 5.02 Å². The summed E-state index contributed by atoms with van der Waals surface area (Å²) in [6.45, 7) is 2.14. The Hall–Kier alpha value is -1.49. The second kappa shape index (κ2) is 6.31. The van der Waals surface area contributed by atoms with Crippen LogP contribution in [0.4, 0.5) is 14.9 Å². The number of halogens is 2. The maximum atomic E-state index is 14.3. The lowest BCUT2D eigenvalue weighted by atomic mass is 10.1. The maximum Gasteiger partial charge on any atom is 0.411 e. The molecule has 1 fully saturated rings. The average molecular weight is 302 g/mol. The molecule has 6 heteroatoms. The Labute approximate surface area is 122 Å². The monoisotopic (exact) mass is 301 g/mol. The highest BCUT2D eigenvalue weighted by molar-refractivity contribution is 6.32. The number of anilines is 1. The first-order chi connectivity index (χ1) is 9.51. The van der Waals surface area contributed by atoms with Crippen LogP contribution in [-0.2, 0) is 4.74 Å². The van der Waals surface area contributed by atoms with E-state index in [1.54, 1.807) is 0 Å². The van der Waals surface area contributed by atoms with Crippen molar-refractivity contribution in [3.8, 4) is 5.75 Å². The maximum absolute atomic E-state index is 14.3. The number of rotatable bonds is 3. The van der Waals surface area contributed by atoms with Crippen molar-refractivity contribution in [2.75, 3.05) is 12.4 Å².